The Morgan fingerprint density at radius 2 is 1.93 bits per heavy atom. The summed E-state index contributed by atoms with van der Waals surface area (Å²) >= 11 is 6.09. The number of imidazole rings is 1. The van der Waals surface area contributed by atoms with Crippen LogP contribution in [0.15, 0.2) is 36.9 Å². The number of hydrogen-bond acceptors (Lipinski definition) is 4. The Labute approximate surface area is 162 Å². The Balaban J connectivity index is 1.97. The smallest absolute Gasteiger partial charge is 0.181 e. The summed E-state index contributed by atoms with van der Waals surface area (Å²) in [6.07, 6.45) is 6.67. The van der Waals surface area contributed by atoms with E-state index in [1.807, 2.05) is 37.6 Å². The highest BCUT2D eigenvalue weighted by Crippen LogP contribution is 2.35. The topological polar surface area (TPSA) is 60.7 Å². The van der Waals surface area contributed by atoms with E-state index in [-0.39, 0.29) is 5.78 Å². The van der Waals surface area contributed by atoms with Gasteiger partial charge in [0.25, 0.3) is 0 Å². The number of pyridine rings is 2. The number of nitrogens with zero attached hydrogens (tertiary/aromatic N) is 4. The molecule has 3 aromatic heterocycles. The van der Waals surface area contributed by atoms with Crippen LogP contribution in [-0.4, -0.2) is 25.3 Å². The fourth-order valence-corrected chi connectivity index (χ4v) is 3.64. The quantitative estimate of drug-likeness (QED) is 0.365. The van der Waals surface area contributed by atoms with Crippen molar-refractivity contribution in [2.45, 2.75) is 26.7 Å². The van der Waals surface area contributed by atoms with Gasteiger partial charge >= 0.3 is 0 Å². The molecule has 0 fully saturated rings. The standard InChI is InChI=1S/C21H19ClN4O/c1-4-5-18(27)17-6-12(2)16(10-23-17)15-7-13-9-24-19(22)8-14(13)20-21(15)26(3)11-25-20/h6-11H,4-5H2,1-3H3. The van der Waals surface area contributed by atoms with Gasteiger partial charge in [0.2, 0.25) is 0 Å². The summed E-state index contributed by atoms with van der Waals surface area (Å²) in [6.45, 7) is 4.00. The molecule has 0 saturated carbocycles. The van der Waals surface area contributed by atoms with Crippen LogP contribution in [-0.2, 0) is 7.05 Å². The highest BCUT2D eigenvalue weighted by Gasteiger charge is 2.16. The Hall–Kier alpha value is -2.79. The summed E-state index contributed by atoms with van der Waals surface area (Å²) in [5.41, 5.74) is 5.40. The summed E-state index contributed by atoms with van der Waals surface area (Å²) in [6, 6.07) is 5.80. The fraction of sp³-hybridized carbons (Fsp3) is 0.238. The van der Waals surface area contributed by atoms with Gasteiger partial charge in [-0.25, -0.2) is 9.97 Å². The van der Waals surface area contributed by atoms with Crippen molar-refractivity contribution in [3.63, 3.8) is 0 Å². The molecule has 3 heterocycles. The molecule has 5 nitrogen and oxygen atoms in total. The zero-order valence-electron chi connectivity index (χ0n) is 15.5. The summed E-state index contributed by atoms with van der Waals surface area (Å²) in [4.78, 5) is 25.4. The molecule has 136 valence electrons. The average molecular weight is 379 g/mol. The molecule has 4 aromatic rings. The van der Waals surface area contributed by atoms with E-state index < -0.39 is 0 Å². The third-order valence-electron chi connectivity index (χ3n) is 4.81. The van der Waals surface area contributed by atoms with Crippen LogP contribution in [0.2, 0.25) is 5.15 Å². The van der Waals surface area contributed by atoms with E-state index in [2.05, 4.69) is 21.0 Å². The summed E-state index contributed by atoms with van der Waals surface area (Å²) in [5.74, 6) is 0.0789. The van der Waals surface area contributed by atoms with Crippen LogP contribution in [0.25, 0.3) is 32.9 Å². The Kier molecular flexibility index (Phi) is 4.40. The summed E-state index contributed by atoms with van der Waals surface area (Å²) in [7, 11) is 1.97. The molecule has 0 unspecified atom stereocenters. The maximum absolute atomic E-state index is 12.2. The Bertz CT molecular complexity index is 1200. The molecule has 1 aromatic carbocycles. The minimum atomic E-state index is 0.0789. The first-order chi connectivity index (χ1) is 13.0. The third kappa shape index (κ3) is 2.98. The van der Waals surface area contributed by atoms with E-state index in [1.165, 1.54) is 0 Å². The third-order valence-corrected chi connectivity index (χ3v) is 5.02. The van der Waals surface area contributed by atoms with Crippen molar-refractivity contribution < 1.29 is 4.79 Å². The number of ketones is 1. The Morgan fingerprint density at radius 3 is 2.67 bits per heavy atom. The van der Waals surface area contributed by atoms with Crippen molar-refractivity contribution in [1.82, 2.24) is 19.5 Å². The van der Waals surface area contributed by atoms with Crippen molar-refractivity contribution in [3.8, 4) is 11.1 Å². The molecule has 0 N–H and O–H groups in total. The number of fused-ring (bicyclic) bond motifs is 3. The average Bonchev–Trinajstić information content (AvgIpc) is 3.04. The van der Waals surface area contributed by atoms with Gasteiger partial charge < -0.3 is 4.57 Å². The molecule has 0 aliphatic heterocycles. The second-order valence-corrected chi connectivity index (χ2v) is 7.15. The largest absolute Gasteiger partial charge is 0.333 e. The number of carbonyl (C=O) groups excluding carboxylic acids is 1. The summed E-state index contributed by atoms with van der Waals surface area (Å²) < 4.78 is 1.99. The lowest BCUT2D eigenvalue weighted by Crippen LogP contribution is -2.03. The van der Waals surface area contributed by atoms with Crippen LogP contribution in [0, 0.1) is 6.92 Å². The van der Waals surface area contributed by atoms with Crippen LogP contribution in [0.4, 0.5) is 0 Å². The van der Waals surface area contributed by atoms with Crippen molar-refractivity contribution in [2.75, 3.05) is 0 Å². The molecule has 0 saturated heterocycles. The van der Waals surface area contributed by atoms with Gasteiger partial charge in [-0.15, -0.1) is 0 Å². The van der Waals surface area contributed by atoms with Crippen molar-refractivity contribution in [3.05, 3.63) is 53.3 Å². The number of hydrogen-bond donors (Lipinski definition) is 0. The van der Waals surface area contributed by atoms with Crippen LogP contribution in [0.1, 0.15) is 35.8 Å². The molecule has 0 aliphatic carbocycles. The minimum absolute atomic E-state index is 0.0789. The lowest BCUT2D eigenvalue weighted by atomic mass is 9.97. The first-order valence-electron chi connectivity index (χ1n) is 8.89. The normalized spacial score (nSPS) is 11.4. The molecular weight excluding hydrogens is 360 g/mol. The first-order valence-corrected chi connectivity index (χ1v) is 9.27. The zero-order chi connectivity index (χ0) is 19.1. The van der Waals surface area contributed by atoms with Crippen LogP contribution >= 0.6 is 11.6 Å². The highest BCUT2D eigenvalue weighted by molar-refractivity contribution is 6.30. The second-order valence-electron chi connectivity index (χ2n) is 6.76. The molecule has 4 rings (SSSR count). The van der Waals surface area contributed by atoms with E-state index >= 15 is 0 Å². The first kappa shape index (κ1) is 17.6. The SMILES string of the molecule is CCCC(=O)c1cc(C)c(-c2cc3cnc(Cl)cc3c3ncn(C)c23)cn1. The van der Waals surface area contributed by atoms with E-state index in [9.17, 15) is 4.79 Å². The number of aromatic nitrogens is 4. The van der Waals surface area contributed by atoms with Crippen LogP contribution in [0.3, 0.4) is 0 Å². The fourth-order valence-electron chi connectivity index (χ4n) is 3.48. The van der Waals surface area contributed by atoms with Gasteiger partial charge in [0, 0.05) is 47.8 Å². The van der Waals surface area contributed by atoms with E-state index in [0.29, 0.717) is 17.3 Å². The Morgan fingerprint density at radius 1 is 1.11 bits per heavy atom. The van der Waals surface area contributed by atoms with Gasteiger partial charge in [0.15, 0.2) is 5.78 Å². The second kappa shape index (κ2) is 6.74. The van der Waals surface area contributed by atoms with Crippen molar-refractivity contribution in [1.29, 1.82) is 0 Å². The predicted molar refractivity (Wildman–Crippen MR) is 108 cm³/mol. The predicted octanol–water partition coefficient (Wildman–Crippen LogP) is 5.13. The molecule has 0 spiro atoms. The molecular formula is C21H19ClN4O. The minimum Gasteiger partial charge on any atom is -0.333 e. The molecule has 0 atom stereocenters. The van der Waals surface area contributed by atoms with Crippen LogP contribution < -0.4 is 0 Å². The van der Waals surface area contributed by atoms with Gasteiger partial charge in [-0.2, -0.15) is 0 Å². The molecule has 0 bridgehead atoms. The zero-order valence-corrected chi connectivity index (χ0v) is 16.2. The van der Waals surface area contributed by atoms with Gasteiger partial charge in [-0.3, -0.25) is 9.78 Å². The van der Waals surface area contributed by atoms with Gasteiger partial charge in [0.05, 0.1) is 17.4 Å². The number of rotatable bonds is 4. The molecule has 0 radical (unpaired) electrons. The van der Waals surface area contributed by atoms with Gasteiger partial charge in [0.1, 0.15) is 10.8 Å². The number of aryl methyl sites for hydroxylation is 2. The molecule has 0 aliphatic rings. The maximum Gasteiger partial charge on any atom is 0.181 e. The van der Waals surface area contributed by atoms with Crippen LogP contribution in [0.5, 0.6) is 0 Å². The number of carbonyl (C=O) groups is 1. The number of benzene rings is 1. The lowest BCUT2D eigenvalue weighted by Gasteiger charge is -2.12. The van der Waals surface area contributed by atoms with E-state index in [1.54, 1.807) is 18.7 Å². The summed E-state index contributed by atoms with van der Waals surface area (Å²) in [5, 5.41) is 2.37. The monoisotopic (exact) mass is 378 g/mol. The van der Waals surface area contributed by atoms with Crippen molar-refractivity contribution >= 4 is 39.2 Å². The van der Waals surface area contributed by atoms with Gasteiger partial charge in [-0.1, -0.05) is 18.5 Å². The molecule has 27 heavy (non-hydrogen) atoms. The number of halogens is 1. The molecule has 6 heteroatoms. The van der Waals surface area contributed by atoms with Crippen molar-refractivity contribution in [2.24, 2.45) is 7.05 Å². The maximum atomic E-state index is 12.2. The van der Waals surface area contributed by atoms with E-state index in [4.69, 9.17) is 11.6 Å². The molecule has 0 amide bonds. The van der Waals surface area contributed by atoms with E-state index in [0.717, 1.165) is 44.9 Å². The lowest BCUT2D eigenvalue weighted by molar-refractivity contribution is 0.0977. The highest BCUT2D eigenvalue weighted by atomic mass is 35.5. The van der Waals surface area contributed by atoms with Gasteiger partial charge in [-0.05, 0) is 37.1 Å². The number of Topliss-reactive ketones (excluding diaryl/α,β-unsaturated/α-hetero) is 1.